The molecule has 0 unspecified atom stereocenters. The normalized spacial score (nSPS) is 10.1. The number of nitrogens with one attached hydrogen (secondary N) is 1. The standard InChI is InChI=1S/C11H13N5/c1-7-6-8(2-3-9(7)12)15-10-4-5-14-11(13)16-10/h2-6H,12H2,1H3,(H3,13,14,15,16). The summed E-state index contributed by atoms with van der Waals surface area (Å²) in [5.74, 6) is 0.911. The minimum atomic E-state index is 0.247. The second-order valence-electron chi connectivity index (χ2n) is 3.50. The van der Waals surface area contributed by atoms with Crippen molar-refractivity contribution in [2.45, 2.75) is 6.92 Å². The van der Waals surface area contributed by atoms with E-state index in [1.54, 1.807) is 12.3 Å². The fourth-order valence-corrected chi connectivity index (χ4v) is 1.34. The summed E-state index contributed by atoms with van der Waals surface area (Å²) in [6.45, 7) is 1.95. The van der Waals surface area contributed by atoms with Crippen LogP contribution < -0.4 is 16.8 Å². The van der Waals surface area contributed by atoms with E-state index in [0.29, 0.717) is 5.82 Å². The molecule has 0 amide bonds. The largest absolute Gasteiger partial charge is 0.399 e. The number of rotatable bonds is 2. The van der Waals surface area contributed by atoms with Crippen molar-refractivity contribution in [3.05, 3.63) is 36.0 Å². The number of benzene rings is 1. The fourth-order valence-electron chi connectivity index (χ4n) is 1.34. The highest BCUT2D eigenvalue weighted by atomic mass is 15.1. The van der Waals surface area contributed by atoms with Gasteiger partial charge in [0, 0.05) is 17.6 Å². The van der Waals surface area contributed by atoms with Gasteiger partial charge in [-0.25, -0.2) is 4.98 Å². The van der Waals surface area contributed by atoms with E-state index >= 15 is 0 Å². The van der Waals surface area contributed by atoms with E-state index in [9.17, 15) is 0 Å². The Morgan fingerprint density at radius 3 is 2.69 bits per heavy atom. The van der Waals surface area contributed by atoms with E-state index in [1.165, 1.54) is 0 Å². The van der Waals surface area contributed by atoms with Gasteiger partial charge >= 0.3 is 0 Å². The lowest BCUT2D eigenvalue weighted by atomic mass is 10.2. The highest BCUT2D eigenvalue weighted by molar-refractivity contribution is 5.62. The zero-order chi connectivity index (χ0) is 11.5. The predicted octanol–water partition coefficient (Wildman–Crippen LogP) is 1.69. The molecule has 2 aromatic rings. The first-order valence-electron chi connectivity index (χ1n) is 4.87. The van der Waals surface area contributed by atoms with Crippen molar-refractivity contribution in [3.8, 4) is 0 Å². The lowest BCUT2D eigenvalue weighted by Gasteiger charge is -2.07. The van der Waals surface area contributed by atoms with E-state index in [0.717, 1.165) is 16.9 Å². The van der Waals surface area contributed by atoms with Crippen molar-refractivity contribution in [1.29, 1.82) is 0 Å². The van der Waals surface area contributed by atoms with Crippen molar-refractivity contribution >= 4 is 23.1 Å². The first-order valence-corrected chi connectivity index (χ1v) is 4.87. The maximum atomic E-state index is 5.73. The van der Waals surface area contributed by atoms with Crippen LogP contribution in [0.5, 0.6) is 0 Å². The van der Waals surface area contributed by atoms with Gasteiger partial charge in [-0.05, 0) is 36.8 Å². The number of hydrogen-bond donors (Lipinski definition) is 3. The molecule has 1 aromatic carbocycles. The molecular weight excluding hydrogens is 202 g/mol. The van der Waals surface area contributed by atoms with Crippen LogP contribution in [0.3, 0.4) is 0 Å². The molecule has 5 heteroatoms. The first kappa shape index (κ1) is 10.2. The van der Waals surface area contributed by atoms with Crippen molar-refractivity contribution in [1.82, 2.24) is 9.97 Å². The molecule has 0 saturated heterocycles. The van der Waals surface area contributed by atoms with Crippen LogP contribution in [0, 0.1) is 6.92 Å². The SMILES string of the molecule is Cc1cc(Nc2ccnc(N)n2)ccc1N. The summed E-state index contributed by atoms with van der Waals surface area (Å²) in [4.78, 5) is 7.86. The molecule has 0 atom stereocenters. The Labute approximate surface area is 93.5 Å². The summed E-state index contributed by atoms with van der Waals surface area (Å²) < 4.78 is 0. The molecule has 16 heavy (non-hydrogen) atoms. The molecule has 0 aliphatic carbocycles. The van der Waals surface area contributed by atoms with E-state index in [2.05, 4.69) is 15.3 Å². The van der Waals surface area contributed by atoms with Gasteiger partial charge in [0.2, 0.25) is 5.95 Å². The highest BCUT2D eigenvalue weighted by Gasteiger charge is 1.99. The third-order valence-corrected chi connectivity index (χ3v) is 2.22. The minimum Gasteiger partial charge on any atom is -0.399 e. The first-order chi connectivity index (χ1) is 7.65. The summed E-state index contributed by atoms with van der Waals surface area (Å²) in [5.41, 5.74) is 13.9. The molecule has 82 valence electrons. The number of nitrogens with zero attached hydrogens (tertiary/aromatic N) is 2. The van der Waals surface area contributed by atoms with Crippen LogP contribution in [-0.4, -0.2) is 9.97 Å². The molecular formula is C11H13N5. The van der Waals surface area contributed by atoms with Crippen LogP contribution in [0.15, 0.2) is 30.5 Å². The van der Waals surface area contributed by atoms with Crippen LogP contribution in [0.4, 0.5) is 23.1 Å². The smallest absolute Gasteiger partial charge is 0.221 e. The summed E-state index contributed by atoms with van der Waals surface area (Å²) in [6.07, 6.45) is 1.61. The molecule has 1 aromatic heterocycles. The average molecular weight is 215 g/mol. The number of nitrogen functional groups attached to an aromatic ring is 2. The van der Waals surface area contributed by atoms with Gasteiger partial charge in [-0.15, -0.1) is 0 Å². The maximum absolute atomic E-state index is 5.73. The lowest BCUT2D eigenvalue weighted by Crippen LogP contribution is -1.99. The Morgan fingerprint density at radius 2 is 2.00 bits per heavy atom. The predicted molar refractivity (Wildman–Crippen MR) is 65.3 cm³/mol. The summed E-state index contributed by atoms with van der Waals surface area (Å²) >= 11 is 0. The van der Waals surface area contributed by atoms with Crippen molar-refractivity contribution in [2.24, 2.45) is 0 Å². The average Bonchev–Trinajstić information content (AvgIpc) is 2.24. The molecule has 5 nitrogen and oxygen atoms in total. The van der Waals surface area contributed by atoms with Gasteiger partial charge in [-0.3, -0.25) is 0 Å². The van der Waals surface area contributed by atoms with Crippen LogP contribution in [0.2, 0.25) is 0 Å². The topological polar surface area (TPSA) is 89.8 Å². The number of aromatic nitrogens is 2. The molecule has 5 N–H and O–H groups in total. The van der Waals surface area contributed by atoms with Gasteiger partial charge < -0.3 is 16.8 Å². The molecule has 0 radical (unpaired) electrons. The Bertz CT molecular complexity index is 509. The van der Waals surface area contributed by atoms with Crippen molar-refractivity contribution in [2.75, 3.05) is 16.8 Å². The fraction of sp³-hybridized carbons (Fsp3) is 0.0909. The molecule has 0 fully saturated rings. The molecule has 0 spiro atoms. The summed E-state index contributed by atoms with van der Waals surface area (Å²) in [7, 11) is 0. The molecule has 1 heterocycles. The summed E-state index contributed by atoms with van der Waals surface area (Å²) in [5, 5.41) is 3.13. The minimum absolute atomic E-state index is 0.247. The Morgan fingerprint density at radius 1 is 1.19 bits per heavy atom. The van der Waals surface area contributed by atoms with E-state index < -0.39 is 0 Å². The van der Waals surface area contributed by atoms with Gasteiger partial charge in [-0.1, -0.05) is 0 Å². The third kappa shape index (κ3) is 2.20. The Hall–Kier alpha value is -2.30. The summed E-state index contributed by atoms with van der Waals surface area (Å²) in [6, 6.07) is 7.44. The molecule has 0 bridgehead atoms. The van der Waals surface area contributed by atoms with Gasteiger partial charge in [0.15, 0.2) is 0 Å². The Balaban J connectivity index is 2.24. The second kappa shape index (κ2) is 4.06. The zero-order valence-electron chi connectivity index (χ0n) is 8.94. The van der Waals surface area contributed by atoms with Crippen LogP contribution in [-0.2, 0) is 0 Å². The Kier molecular flexibility index (Phi) is 2.59. The van der Waals surface area contributed by atoms with Crippen molar-refractivity contribution < 1.29 is 0 Å². The van der Waals surface area contributed by atoms with Crippen molar-refractivity contribution in [3.63, 3.8) is 0 Å². The second-order valence-corrected chi connectivity index (χ2v) is 3.50. The van der Waals surface area contributed by atoms with E-state index in [4.69, 9.17) is 11.5 Å². The highest BCUT2D eigenvalue weighted by Crippen LogP contribution is 2.19. The zero-order valence-corrected chi connectivity index (χ0v) is 8.94. The maximum Gasteiger partial charge on any atom is 0.221 e. The number of nitrogens with two attached hydrogens (primary N) is 2. The van der Waals surface area contributed by atoms with Gasteiger partial charge in [0.05, 0.1) is 0 Å². The van der Waals surface area contributed by atoms with Gasteiger partial charge in [0.1, 0.15) is 5.82 Å². The van der Waals surface area contributed by atoms with E-state index in [1.807, 2.05) is 25.1 Å². The number of hydrogen-bond acceptors (Lipinski definition) is 5. The molecule has 0 saturated carbocycles. The molecule has 2 rings (SSSR count). The van der Waals surface area contributed by atoms with Crippen LogP contribution in [0.1, 0.15) is 5.56 Å². The monoisotopic (exact) mass is 215 g/mol. The quantitative estimate of drug-likeness (QED) is 0.663. The number of aryl methyl sites for hydroxylation is 1. The molecule has 0 aliphatic rings. The van der Waals surface area contributed by atoms with Gasteiger partial charge in [-0.2, -0.15) is 4.98 Å². The molecule has 0 aliphatic heterocycles. The van der Waals surface area contributed by atoms with E-state index in [-0.39, 0.29) is 5.95 Å². The third-order valence-electron chi connectivity index (χ3n) is 2.22. The lowest BCUT2D eigenvalue weighted by molar-refractivity contribution is 1.18. The number of anilines is 4. The van der Waals surface area contributed by atoms with Gasteiger partial charge in [0.25, 0.3) is 0 Å². The van der Waals surface area contributed by atoms with Crippen LogP contribution >= 0.6 is 0 Å². The van der Waals surface area contributed by atoms with Crippen LogP contribution in [0.25, 0.3) is 0 Å².